The number of rotatable bonds is 11. The Kier molecular flexibility index (Phi) is 9.61. The van der Waals surface area contributed by atoms with Gasteiger partial charge in [-0.3, -0.25) is 4.79 Å². The maximum Gasteiger partial charge on any atom is 0.218 e. The van der Waals surface area contributed by atoms with Gasteiger partial charge in [-0.25, -0.2) is 0 Å². The summed E-state index contributed by atoms with van der Waals surface area (Å²) in [5.41, 5.74) is 4.13. The van der Waals surface area contributed by atoms with Crippen LogP contribution in [-0.4, -0.2) is 20.0 Å². The normalized spacial score (nSPS) is 17.5. The maximum atomic E-state index is 13.9. The molecular formula is C31H37BrO4. The Hall–Kier alpha value is -2.79. The van der Waals surface area contributed by atoms with Crippen molar-refractivity contribution in [3.63, 3.8) is 0 Å². The third-order valence-corrected chi connectivity index (χ3v) is 7.07. The first-order valence-corrected chi connectivity index (χ1v) is 13.2. The molecule has 36 heavy (non-hydrogen) atoms. The molecule has 5 heteroatoms. The fraction of sp³-hybridized carbons (Fsp3) is 0.387. The highest BCUT2D eigenvalue weighted by atomic mass is 79.9. The smallest absolute Gasteiger partial charge is 0.218 e. The number of benzene rings is 2. The van der Waals surface area contributed by atoms with E-state index < -0.39 is 5.60 Å². The van der Waals surface area contributed by atoms with E-state index in [1.165, 1.54) is 16.7 Å². The van der Waals surface area contributed by atoms with Crippen LogP contribution >= 0.6 is 15.9 Å². The SMILES string of the molecule is COc1cc(OC)c2c(c1)OC(C/C=C(\C)CC/C=C(\C)CCC=C(C)C)(c1ccc(Br)cc1)C2=O. The molecule has 0 bridgehead atoms. The summed E-state index contributed by atoms with van der Waals surface area (Å²) in [6.45, 7) is 8.60. The van der Waals surface area contributed by atoms with Crippen molar-refractivity contribution in [3.05, 3.63) is 86.9 Å². The average Bonchev–Trinajstić information content (AvgIpc) is 3.14. The molecule has 1 heterocycles. The third-order valence-electron chi connectivity index (χ3n) is 6.54. The second-order valence-corrected chi connectivity index (χ2v) is 10.5. The lowest BCUT2D eigenvalue weighted by molar-refractivity contribution is 0.0558. The zero-order chi connectivity index (χ0) is 26.3. The van der Waals surface area contributed by atoms with Crippen LogP contribution in [-0.2, 0) is 5.60 Å². The van der Waals surface area contributed by atoms with Crippen LogP contribution in [0.5, 0.6) is 17.2 Å². The predicted octanol–water partition coefficient (Wildman–Crippen LogP) is 8.75. The van der Waals surface area contributed by atoms with Crippen LogP contribution in [0, 0.1) is 0 Å². The van der Waals surface area contributed by atoms with Gasteiger partial charge in [0.2, 0.25) is 5.78 Å². The van der Waals surface area contributed by atoms with Crippen LogP contribution in [0.3, 0.4) is 0 Å². The van der Waals surface area contributed by atoms with Gasteiger partial charge in [-0.05, 0) is 65.5 Å². The number of hydrogen-bond donors (Lipinski definition) is 0. The fourth-order valence-corrected chi connectivity index (χ4v) is 4.67. The number of methoxy groups -OCH3 is 2. The van der Waals surface area contributed by atoms with E-state index in [9.17, 15) is 4.79 Å². The molecule has 2 aromatic rings. The summed E-state index contributed by atoms with van der Waals surface area (Å²) in [7, 11) is 3.14. The second kappa shape index (κ2) is 12.4. The average molecular weight is 554 g/mol. The minimum absolute atomic E-state index is 0.0987. The van der Waals surface area contributed by atoms with Crippen molar-refractivity contribution >= 4 is 21.7 Å². The molecule has 0 radical (unpaired) electrons. The van der Waals surface area contributed by atoms with Gasteiger partial charge in [0.05, 0.1) is 14.2 Å². The second-order valence-electron chi connectivity index (χ2n) is 9.63. The van der Waals surface area contributed by atoms with Crippen LogP contribution in [0.25, 0.3) is 0 Å². The number of ether oxygens (including phenoxy) is 3. The van der Waals surface area contributed by atoms with E-state index in [2.05, 4.69) is 61.9 Å². The number of allylic oxidation sites excluding steroid dienone is 5. The van der Waals surface area contributed by atoms with Gasteiger partial charge in [0, 0.05) is 28.6 Å². The zero-order valence-corrected chi connectivity index (χ0v) is 23.8. The molecule has 0 aliphatic carbocycles. The number of carbonyl (C=O) groups excluding carboxylic acids is 1. The molecule has 0 spiro atoms. The zero-order valence-electron chi connectivity index (χ0n) is 22.2. The van der Waals surface area contributed by atoms with Crippen LogP contribution in [0.4, 0.5) is 0 Å². The fourth-order valence-electron chi connectivity index (χ4n) is 4.40. The summed E-state index contributed by atoms with van der Waals surface area (Å²) in [5.74, 6) is 1.43. The number of hydrogen-bond acceptors (Lipinski definition) is 4. The largest absolute Gasteiger partial charge is 0.496 e. The van der Waals surface area contributed by atoms with Gasteiger partial charge in [-0.15, -0.1) is 0 Å². The Labute approximate surface area is 224 Å². The molecule has 3 rings (SSSR count). The van der Waals surface area contributed by atoms with Gasteiger partial charge in [0.15, 0.2) is 5.60 Å². The minimum atomic E-state index is -1.15. The lowest BCUT2D eigenvalue weighted by atomic mass is 9.84. The van der Waals surface area contributed by atoms with E-state index in [0.717, 1.165) is 35.7 Å². The Morgan fingerprint density at radius 1 is 0.917 bits per heavy atom. The topological polar surface area (TPSA) is 44.8 Å². The van der Waals surface area contributed by atoms with Gasteiger partial charge in [0.1, 0.15) is 22.8 Å². The quantitative estimate of drug-likeness (QED) is 0.261. The molecule has 0 aromatic heterocycles. The standard InChI is InChI=1S/C31H37BrO4/c1-21(2)9-7-10-22(3)11-8-12-23(4)17-18-31(24-13-15-25(32)16-14-24)30(33)29-27(35-6)19-26(34-5)20-28(29)36-31/h9,11,13-17,19-20H,7-8,10,12,18H2,1-6H3/b22-11+,23-17+. The molecule has 192 valence electrons. The molecule has 1 aliphatic rings. The number of carbonyl (C=O) groups is 1. The number of ketones is 1. The van der Waals surface area contributed by atoms with Gasteiger partial charge >= 0.3 is 0 Å². The molecule has 0 fully saturated rings. The first-order chi connectivity index (χ1) is 17.2. The van der Waals surface area contributed by atoms with Crippen LogP contribution in [0.1, 0.15) is 75.7 Å². The lowest BCUT2D eigenvalue weighted by Crippen LogP contribution is -2.36. The van der Waals surface area contributed by atoms with Crippen LogP contribution < -0.4 is 14.2 Å². The Morgan fingerprint density at radius 2 is 1.56 bits per heavy atom. The molecule has 0 N–H and O–H groups in total. The predicted molar refractivity (Wildman–Crippen MR) is 150 cm³/mol. The van der Waals surface area contributed by atoms with Crippen molar-refractivity contribution in [1.29, 1.82) is 0 Å². The summed E-state index contributed by atoms with van der Waals surface area (Å²) >= 11 is 3.50. The maximum absolute atomic E-state index is 13.9. The van der Waals surface area contributed by atoms with Crippen LogP contribution in [0.15, 0.2) is 75.8 Å². The third kappa shape index (κ3) is 6.50. The molecule has 1 unspecified atom stereocenters. The van der Waals surface area contributed by atoms with E-state index in [4.69, 9.17) is 14.2 Å². The van der Waals surface area contributed by atoms with Crippen molar-refractivity contribution in [2.24, 2.45) is 0 Å². The van der Waals surface area contributed by atoms with Crippen molar-refractivity contribution < 1.29 is 19.0 Å². The van der Waals surface area contributed by atoms with E-state index in [1.54, 1.807) is 26.4 Å². The minimum Gasteiger partial charge on any atom is -0.496 e. The Balaban J connectivity index is 1.84. The molecule has 0 amide bonds. The first kappa shape index (κ1) is 27.8. The first-order valence-electron chi connectivity index (χ1n) is 12.4. The van der Waals surface area contributed by atoms with Gasteiger partial charge < -0.3 is 14.2 Å². The number of fused-ring (bicyclic) bond motifs is 1. The highest BCUT2D eigenvalue weighted by molar-refractivity contribution is 9.10. The highest BCUT2D eigenvalue weighted by Gasteiger charge is 2.50. The monoisotopic (exact) mass is 552 g/mol. The van der Waals surface area contributed by atoms with Crippen molar-refractivity contribution in [2.75, 3.05) is 14.2 Å². The van der Waals surface area contributed by atoms with Crippen molar-refractivity contribution in [1.82, 2.24) is 0 Å². The van der Waals surface area contributed by atoms with E-state index >= 15 is 0 Å². The Morgan fingerprint density at radius 3 is 2.17 bits per heavy atom. The number of Topliss-reactive ketones (excluding diaryl/α,β-unsaturated/α-hetero) is 1. The summed E-state index contributed by atoms with van der Waals surface area (Å²) in [6, 6.07) is 11.3. The molecule has 1 atom stereocenters. The van der Waals surface area contributed by atoms with E-state index in [-0.39, 0.29) is 5.78 Å². The summed E-state index contributed by atoms with van der Waals surface area (Å²) in [4.78, 5) is 13.9. The van der Waals surface area contributed by atoms with Crippen molar-refractivity contribution in [3.8, 4) is 17.2 Å². The molecule has 1 aliphatic heterocycles. The van der Waals surface area contributed by atoms with Gasteiger partial charge in [0.25, 0.3) is 0 Å². The van der Waals surface area contributed by atoms with Crippen LogP contribution in [0.2, 0.25) is 0 Å². The molecule has 0 saturated heterocycles. The molecular weight excluding hydrogens is 516 g/mol. The molecule has 2 aromatic carbocycles. The van der Waals surface area contributed by atoms with Crippen molar-refractivity contribution in [2.45, 2.75) is 65.4 Å². The lowest BCUT2D eigenvalue weighted by Gasteiger charge is -2.27. The van der Waals surface area contributed by atoms with E-state index in [0.29, 0.717) is 29.2 Å². The molecule has 0 saturated carbocycles. The summed E-state index contributed by atoms with van der Waals surface area (Å²) in [6.07, 6.45) is 11.3. The summed E-state index contributed by atoms with van der Waals surface area (Å²) < 4.78 is 18.4. The van der Waals surface area contributed by atoms with E-state index in [1.807, 2.05) is 24.3 Å². The summed E-state index contributed by atoms with van der Waals surface area (Å²) in [5, 5.41) is 0. The molecule has 4 nitrogen and oxygen atoms in total. The highest BCUT2D eigenvalue weighted by Crippen LogP contribution is 2.49. The Bertz CT molecular complexity index is 1170. The van der Waals surface area contributed by atoms with Gasteiger partial charge in [-0.2, -0.15) is 0 Å². The number of halogens is 1. The van der Waals surface area contributed by atoms with Gasteiger partial charge in [-0.1, -0.05) is 63.0 Å².